The molecule has 5 nitrogen and oxygen atoms in total. The van der Waals surface area contributed by atoms with Crippen LogP contribution >= 0.6 is 11.3 Å². The summed E-state index contributed by atoms with van der Waals surface area (Å²) in [5, 5.41) is 14.2. The third kappa shape index (κ3) is 3.82. The van der Waals surface area contributed by atoms with E-state index in [1.165, 1.54) is 22.3 Å². The van der Waals surface area contributed by atoms with Crippen LogP contribution in [0.3, 0.4) is 0 Å². The maximum absolute atomic E-state index is 5.92. The fourth-order valence-corrected chi connectivity index (χ4v) is 3.25. The van der Waals surface area contributed by atoms with Crippen LogP contribution in [-0.2, 0) is 6.42 Å². The van der Waals surface area contributed by atoms with Crippen LogP contribution in [0.1, 0.15) is 32.8 Å². The van der Waals surface area contributed by atoms with E-state index in [-0.39, 0.29) is 6.10 Å². The summed E-state index contributed by atoms with van der Waals surface area (Å²) < 4.78 is 5.92. The first kappa shape index (κ1) is 15.8. The van der Waals surface area contributed by atoms with Crippen molar-refractivity contribution in [2.45, 2.75) is 45.8 Å². The molecule has 2 heterocycles. The third-order valence-electron chi connectivity index (χ3n) is 3.87. The normalized spacial score (nSPS) is 13.9. The van der Waals surface area contributed by atoms with Crippen LogP contribution in [-0.4, -0.2) is 27.3 Å². The molecule has 2 aromatic heterocycles. The number of hydrogen-bond donors (Lipinski definition) is 2. The smallest absolute Gasteiger partial charge is 0.296 e. The van der Waals surface area contributed by atoms with Crippen molar-refractivity contribution < 1.29 is 4.74 Å². The van der Waals surface area contributed by atoms with Gasteiger partial charge in [-0.1, -0.05) is 30.2 Å². The Bertz CT molecular complexity index is 767. The minimum absolute atomic E-state index is 0.0404. The van der Waals surface area contributed by atoms with Crippen molar-refractivity contribution in [2.75, 3.05) is 5.32 Å². The van der Waals surface area contributed by atoms with Crippen LogP contribution in [0.15, 0.2) is 30.5 Å². The zero-order valence-corrected chi connectivity index (χ0v) is 14.5. The molecule has 0 spiro atoms. The number of anilines is 1. The van der Waals surface area contributed by atoms with E-state index in [0.717, 1.165) is 23.5 Å². The highest BCUT2D eigenvalue weighted by Gasteiger charge is 2.13. The first-order chi connectivity index (χ1) is 11.2. The van der Waals surface area contributed by atoms with Gasteiger partial charge in [0.25, 0.3) is 5.19 Å². The Morgan fingerprint density at radius 2 is 2.09 bits per heavy atom. The van der Waals surface area contributed by atoms with Crippen molar-refractivity contribution in [1.82, 2.24) is 15.2 Å². The van der Waals surface area contributed by atoms with E-state index < -0.39 is 0 Å². The lowest BCUT2D eigenvalue weighted by Gasteiger charge is -2.11. The third-order valence-corrected chi connectivity index (χ3v) is 4.62. The van der Waals surface area contributed by atoms with Crippen molar-refractivity contribution >= 4 is 27.4 Å². The zero-order valence-electron chi connectivity index (χ0n) is 13.7. The molecule has 1 aromatic carbocycles. The van der Waals surface area contributed by atoms with E-state index in [1.807, 2.05) is 6.07 Å². The Kier molecular flexibility index (Phi) is 4.81. The summed E-state index contributed by atoms with van der Waals surface area (Å²) in [6.07, 6.45) is 3.98. The van der Waals surface area contributed by atoms with Crippen LogP contribution in [0.2, 0.25) is 0 Å². The highest BCUT2D eigenvalue weighted by atomic mass is 32.1. The highest BCUT2D eigenvalue weighted by Crippen LogP contribution is 2.26. The van der Waals surface area contributed by atoms with Gasteiger partial charge in [-0.25, -0.2) is 0 Å². The number of aromatic amines is 1. The molecule has 23 heavy (non-hydrogen) atoms. The summed E-state index contributed by atoms with van der Waals surface area (Å²) in [4.78, 5) is 3.30. The van der Waals surface area contributed by atoms with Crippen molar-refractivity contribution in [3.05, 3.63) is 36.0 Å². The number of rotatable bonds is 7. The Morgan fingerprint density at radius 3 is 2.91 bits per heavy atom. The topological polar surface area (TPSA) is 62.8 Å². The summed E-state index contributed by atoms with van der Waals surface area (Å²) in [5.74, 6) is 0. The van der Waals surface area contributed by atoms with Crippen LogP contribution in [0.4, 0.5) is 5.13 Å². The van der Waals surface area contributed by atoms with Crippen molar-refractivity contribution in [1.29, 1.82) is 0 Å². The van der Waals surface area contributed by atoms with Gasteiger partial charge in [-0.05, 0) is 43.2 Å². The van der Waals surface area contributed by atoms with Gasteiger partial charge in [-0.3, -0.25) is 0 Å². The molecule has 2 unspecified atom stereocenters. The first-order valence-corrected chi connectivity index (χ1v) is 8.79. The van der Waals surface area contributed by atoms with Gasteiger partial charge in [0.1, 0.15) is 6.10 Å². The standard InChI is InChI=1S/C17H22N4OS/c1-4-11(2)19-16-20-21-17(23-16)22-12(3)9-13-10-18-15-8-6-5-7-14(13)15/h5-8,10-12,18H,4,9H2,1-3H3,(H,19,20). The lowest BCUT2D eigenvalue weighted by Crippen LogP contribution is -2.14. The Morgan fingerprint density at radius 1 is 1.26 bits per heavy atom. The second kappa shape index (κ2) is 7.00. The minimum atomic E-state index is 0.0404. The molecule has 0 bridgehead atoms. The number of fused-ring (bicyclic) bond motifs is 1. The molecule has 0 aliphatic rings. The monoisotopic (exact) mass is 330 g/mol. The van der Waals surface area contributed by atoms with Gasteiger partial charge in [0, 0.05) is 29.6 Å². The number of aromatic nitrogens is 3. The summed E-state index contributed by atoms with van der Waals surface area (Å²) in [7, 11) is 0. The van der Waals surface area contributed by atoms with E-state index in [1.54, 1.807) is 0 Å². The molecule has 0 fully saturated rings. The second-order valence-corrected chi connectivity index (χ2v) is 6.76. The number of nitrogens with zero attached hydrogens (tertiary/aromatic N) is 2. The Balaban J connectivity index is 1.62. The molecule has 122 valence electrons. The van der Waals surface area contributed by atoms with Crippen LogP contribution in [0.25, 0.3) is 10.9 Å². The summed E-state index contributed by atoms with van der Waals surface area (Å²) >= 11 is 1.46. The fourth-order valence-electron chi connectivity index (χ4n) is 2.45. The maximum Gasteiger partial charge on any atom is 0.296 e. The van der Waals surface area contributed by atoms with Gasteiger partial charge in [-0.15, -0.1) is 5.10 Å². The van der Waals surface area contributed by atoms with Crippen molar-refractivity contribution in [3.63, 3.8) is 0 Å². The predicted octanol–water partition coefficient (Wildman–Crippen LogP) is 4.24. The first-order valence-electron chi connectivity index (χ1n) is 7.97. The Hall–Kier alpha value is -2.08. The largest absolute Gasteiger partial charge is 0.466 e. The predicted molar refractivity (Wildman–Crippen MR) is 95.4 cm³/mol. The van der Waals surface area contributed by atoms with Crippen LogP contribution in [0, 0.1) is 0 Å². The molecule has 0 radical (unpaired) electrons. The number of ether oxygens (including phenoxy) is 1. The number of nitrogens with one attached hydrogen (secondary N) is 2. The Labute approximate surface area is 140 Å². The van der Waals surface area contributed by atoms with Gasteiger partial charge in [-0.2, -0.15) is 0 Å². The molecule has 0 saturated heterocycles. The summed E-state index contributed by atoms with van der Waals surface area (Å²) in [5.41, 5.74) is 2.42. The molecule has 3 rings (SSSR count). The molecule has 0 aliphatic heterocycles. The lowest BCUT2D eigenvalue weighted by atomic mass is 10.1. The van der Waals surface area contributed by atoms with E-state index in [4.69, 9.17) is 4.74 Å². The van der Waals surface area contributed by atoms with E-state index >= 15 is 0 Å². The SMILES string of the molecule is CCC(C)Nc1nnc(OC(C)Cc2c[nH]c3ccccc23)s1. The zero-order chi connectivity index (χ0) is 16.2. The van der Waals surface area contributed by atoms with Gasteiger partial charge >= 0.3 is 0 Å². The molecule has 3 aromatic rings. The van der Waals surface area contributed by atoms with Crippen LogP contribution in [0.5, 0.6) is 5.19 Å². The number of benzene rings is 1. The van der Waals surface area contributed by atoms with Crippen LogP contribution < -0.4 is 10.1 Å². The van der Waals surface area contributed by atoms with Gasteiger partial charge < -0.3 is 15.0 Å². The average Bonchev–Trinajstić information content (AvgIpc) is 3.15. The summed E-state index contributed by atoms with van der Waals surface area (Å²) in [6.45, 7) is 6.33. The fraction of sp³-hybridized carbons (Fsp3) is 0.412. The number of hydrogen-bond acceptors (Lipinski definition) is 5. The highest BCUT2D eigenvalue weighted by molar-refractivity contribution is 7.16. The van der Waals surface area contributed by atoms with Crippen molar-refractivity contribution in [3.8, 4) is 5.19 Å². The molecular formula is C17H22N4OS. The molecule has 2 atom stereocenters. The van der Waals surface area contributed by atoms with E-state index in [0.29, 0.717) is 11.2 Å². The molecular weight excluding hydrogens is 308 g/mol. The van der Waals surface area contributed by atoms with Gasteiger partial charge in [0.2, 0.25) is 5.13 Å². The average molecular weight is 330 g/mol. The second-order valence-electron chi connectivity index (χ2n) is 5.82. The van der Waals surface area contributed by atoms with E-state index in [2.05, 4.69) is 65.7 Å². The number of H-pyrrole nitrogens is 1. The molecule has 6 heteroatoms. The maximum atomic E-state index is 5.92. The minimum Gasteiger partial charge on any atom is -0.466 e. The molecule has 0 aliphatic carbocycles. The molecule has 0 saturated carbocycles. The molecule has 2 N–H and O–H groups in total. The quantitative estimate of drug-likeness (QED) is 0.680. The molecule has 0 amide bonds. The van der Waals surface area contributed by atoms with Gasteiger partial charge in [0.15, 0.2) is 0 Å². The summed E-state index contributed by atoms with van der Waals surface area (Å²) in [6, 6.07) is 8.70. The van der Waals surface area contributed by atoms with Gasteiger partial charge in [0.05, 0.1) is 0 Å². The lowest BCUT2D eigenvalue weighted by molar-refractivity contribution is 0.220. The van der Waals surface area contributed by atoms with Crippen molar-refractivity contribution in [2.24, 2.45) is 0 Å². The van der Waals surface area contributed by atoms with E-state index in [9.17, 15) is 0 Å². The number of para-hydroxylation sites is 1.